The number of benzene rings is 1. The number of rotatable bonds is 5. The molecule has 3 aromatic heterocycles. The molecular weight excluding hydrogens is 386 g/mol. The van der Waals surface area contributed by atoms with E-state index >= 15 is 0 Å². The summed E-state index contributed by atoms with van der Waals surface area (Å²) in [6.45, 7) is 0.588. The highest BCUT2D eigenvalue weighted by Crippen LogP contribution is 2.34. The number of thiophene rings is 1. The summed E-state index contributed by atoms with van der Waals surface area (Å²) in [7, 11) is -3.55. The van der Waals surface area contributed by atoms with Gasteiger partial charge >= 0.3 is 0 Å². The molecule has 4 aromatic rings. The Morgan fingerprint density at radius 3 is 2.81 bits per heavy atom. The molecule has 0 aliphatic carbocycles. The lowest BCUT2D eigenvalue weighted by Gasteiger charge is -2.06. The van der Waals surface area contributed by atoms with Gasteiger partial charge in [0.1, 0.15) is 0 Å². The van der Waals surface area contributed by atoms with Gasteiger partial charge in [-0.2, -0.15) is 0 Å². The third-order valence-electron chi connectivity index (χ3n) is 4.03. The van der Waals surface area contributed by atoms with Crippen LogP contribution in [0.4, 0.5) is 0 Å². The van der Waals surface area contributed by atoms with Crippen LogP contribution in [0.5, 0.6) is 0 Å². The van der Waals surface area contributed by atoms with Crippen LogP contribution in [-0.4, -0.2) is 29.2 Å². The normalized spacial score (nSPS) is 11.9. The quantitative estimate of drug-likeness (QED) is 0.471. The van der Waals surface area contributed by atoms with Gasteiger partial charge in [-0.15, -0.1) is 23.1 Å². The molecule has 0 bridgehead atoms. The predicted octanol–water partition coefficient (Wildman–Crippen LogP) is 4.10. The molecule has 1 aromatic carbocycles. The minimum atomic E-state index is -3.55. The van der Waals surface area contributed by atoms with Crippen LogP contribution in [0, 0.1) is 0 Å². The number of hydrogen-bond acceptors (Lipinski definition) is 6. The molecule has 0 unspecified atom stereocenters. The summed E-state index contributed by atoms with van der Waals surface area (Å²) in [4.78, 5) is 9.33. The molecule has 4 rings (SSSR count). The van der Waals surface area contributed by atoms with Crippen LogP contribution in [0.3, 0.4) is 0 Å². The van der Waals surface area contributed by atoms with Crippen LogP contribution in [0.15, 0.2) is 74.4 Å². The Bertz CT molecular complexity index is 1160. The fourth-order valence-electron chi connectivity index (χ4n) is 2.76. The minimum Gasteiger partial charge on any atom is -0.324 e. The van der Waals surface area contributed by atoms with Gasteiger partial charge in [-0.1, -0.05) is 6.07 Å². The molecule has 26 heavy (non-hydrogen) atoms. The van der Waals surface area contributed by atoms with E-state index in [1.54, 1.807) is 36.1 Å². The van der Waals surface area contributed by atoms with Gasteiger partial charge in [-0.05, 0) is 48.0 Å². The molecular formula is C18H15N3O2S3. The summed E-state index contributed by atoms with van der Waals surface area (Å²) in [5.41, 5.74) is 2.46. The second kappa shape index (κ2) is 6.86. The Hall–Kier alpha value is -2.16. The van der Waals surface area contributed by atoms with E-state index in [2.05, 4.69) is 9.97 Å². The highest BCUT2D eigenvalue weighted by Gasteiger charge is 2.23. The van der Waals surface area contributed by atoms with Gasteiger partial charge in [0.15, 0.2) is 0 Å². The van der Waals surface area contributed by atoms with Gasteiger partial charge < -0.3 is 4.57 Å². The molecule has 0 atom stereocenters. The van der Waals surface area contributed by atoms with Crippen molar-refractivity contribution in [3.05, 3.63) is 66.1 Å². The Balaban J connectivity index is 1.73. The second-order valence-electron chi connectivity index (χ2n) is 5.62. The average molecular weight is 402 g/mol. The van der Waals surface area contributed by atoms with Crippen LogP contribution in [0.2, 0.25) is 0 Å². The van der Waals surface area contributed by atoms with E-state index in [0.717, 1.165) is 15.4 Å². The van der Waals surface area contributed by atoms with Gasteiger partial charge in [0.05, 0.1) is 43.6 Å². The molecule has 0 aliphatic rings. The van der Waals surface area contributed by atoms with Crippen molar-refractivity contribution in [2.24, 2.45) is 0 Å². The Labute approximate surface area is 159 Å². The van der Waals surface area contributed by atoms with Crippen LogP contribution in [0.25, 0.3) is 11.0 Å². The molecule has 0 radical (unpaired) electrons. The maximum Gasteiger partial charge on any atom is 0.208 e. The maximum atomic E-state index is 13.0. The number of imidazole rings is 1. The molecule has 0 N–H and O–H groups in total. The van der Waals surface area contributed by atoms with Gasteiger partial charge in [-0.25, -0.2) is 13.4 Å². The molecule has 5 nitrogen and oxygen atoms in total. The third kappa shape index (κ3) is 3.04. The molecule has 132 valence electrons. The molecule has 0 saturated carbocycles. The number of thioether (sulfide) groups is 1. The highest BCUT2D eigenvalue weighted by atomic mass is 32.2. The summed E-state index contributed by atoms with van der Waals surface area (Å²) < 4.78 is 28.7. The van der Waals surface area contributed by atoms with Crippen molar-refractivity contribution in [3.8, 4) is 0 Å². The summed E-state index contributed by atoms with van der Waals surface area (Å²) >= 11 is 2.88. The number of sulfone groups is 1. The molecule has 8 heteroatoms. The molecule has 0 fully saturated rings. The smallest absolute Gasteiger partial charge is 0.208 e. The van der Waals surface area contributed by atoms with E-state index in [4.69, 9.17) is 0 Å². The number of aromatic nitrogens is 3. The SMILES string of the molecule is CSc1sccc1S(=O)(=O)c1ccc2c(c1)ncn2Cc1ccccn1. The lowest BCUT2D eigenvalue weighted by Crippen LogP contribution is -2.02. The van der Waals surface area contributed by atoms with E-state index in [1.165, 1.54) is 23.1 Å². The van der Waals surface area contributed by atoms with Crippen LogP contribution in [-0.2, 0) is 16.4 Å². The van der Waals surface area contributed by atoms with Crippen molar-refractivity contribution in [3.63, 3.8) is 0 Å². The van der Waals surface area contributed by atoms with E-state index in [-0.39, 0.29) is 4.90 Å². The zero-order chi connectivity index (χ0) is 18.1. The van der Waals surface area contributed by atoms with Crippen molar-refractivity contribution in [1.82, 2.24) is 14.5 Å². The van der Waals surface area contributed by atoms with Gasteiger partial charge in [0.25, 0.3) is 0 Å². The van der Waals surface area contributed by atoms with Gasteiger partial charge in [0, 0.05) is 6.20 Å². The third-order valence-corrected chi connectivity index (χ3v) is 8.17. The summed E-state index contributed by atoms with van der Waals surface area (Å²) in [5.74, 6) is 0. The van der Waals surface area contributed by atoms with Gasteiger partial charge in [0.2, 0.25) is 9.84 Å². The maximum absolute atomic E-state index is 13.0. The van der Waals surface area contributed by atoms with Crippen molar-refractivity contribution >= 4 is 44.0 Å². The van der Waals surface area contributed by atoms with Crippen LogP contribution < -0.4 is 0 Å². The molecule has 0 aliphatic heterocycles. The van der Waals surface area contributed by atoms with Gasteiger partial charge in [-0.3, -0.25) is 4.98 Å². The lowest BCUT2D eigenvalue weighted by atomic mass is 10.3. The number of hydrogen-bond donors (Lipinski definition) is 0. The molecule has 0 saturated heterocycles. The summed E-state index contributed by atoms with van der Waals surface area (Å²) in [6, 6.07) is 12.5. The number of fused-ring (bicyclic) bond motifs is 1. The first-order valence-electron chi connectivity index (χ1n) is 7.81. The second-order valence-corrected chi connectivity index (χ2v) is 9.53. The minimum absolute atomic E-state index is 0.266. The first kappa shape index (κ1) is 17.3. The van der Waals surface area contributed by atoms with Crippen molar-refractivity contribution in [2.45, 2.75) is 20.5 Å². The Morgan fingerprint density at radius 2 is 2.04 bits per heavy atom. The van der Waals surface area contributed by atoms with Crippen LogP contribution in [0.1, 0.15) is 5.69 Å². The van der Waals surface area contributed by atoms with E-state index < -0.39 is 9.84 Å². The molecule has 0 amide bonds. The lowest BCUT2D eigenvalue weighted by molar-refractivity contribution is 0.595. The average Bonchev–Trinajstić information content (AvgIpc) is 3.29. The Morgan fingerprint density at radius 1 is 1.15 bits per heavy atom. The first-order valence-corrected chi connectivity index (χ1v) is 11.4. The summed E-state index contributed by atoms with van der Waals surface area (Å²) in [5, 5.41) is 1.80. The first-order chi connectivity index (χ1) is 12.6. The number of nitrogens with zero attached hydrogens (tertiary/aromatic N) is 3. The topological polar surface area (TPSA) is 64.8 Å². The predicted molar refractivity (Wildman–Crippen MR) is 105 cm³/mol. The monoisotopic (exact) mass is 401 g/mol. The fraction of sp³-hybridized carbons (Fsp3) is 0.111. The van der Waals surface area contributed by atoms with E-state index in [1.807, 2.05) is 35.1 Å². The largest absolute Gasteiger partial charge is 0.324 e. The van der Waals surface area contributed by atoms with Crippen LogP contribution >= 0.6 is 23.1 Å². The zero-order valence-corrected chi connectivity index (χ0v) is 16.3. The summed E-state index contributed by atoms with van der Waals surface area (Å²) in [6.07, 6.45) is 5.35. The van der Waals surface area contributed by atoms with E-state index in [9.17, 15) is 8.42 Å². The Kier molecular flexibility index (Phi) is 4.56. The van der Waals surface area contributed by atoms with Crippen molar-refractivity contribution in [1.29, 1.82) is 0 Å². The fourth-order valence-corrected chi connectivity index (χ4v) is 6.47. The number of pyridine rings is 1. The standard InChI is InChI=1S/C18H15N3O2S3/c1-24-18-17(7-9-25-18)26(22,23)14-5-6-16-15(10-14)20-12-21(16)11-13-4-2-3-8-19-13/h2-10,12H,11H2,1H3. The molecule has 0 spiro atoms. The van der Waals surface area contributed by atoms with Crippen molar-refractivity contribution < 1.29 is 8.42 Å². The zero-order valence-electron chi connectivity index (χ0n) is 13.9. The van der Waals surface area contributed by atoms with E-state index in [0.29, 0.717) is 17.0 Å². The highest BCUT2D eigenvalue weighted by molar-refractivity contribution is 8.01. The van der Waals surface area contributed by atoms with Crippen molar-refractivity contribution in [2.75, 3.05) is 6.26 Å². The molecule has 3 heterocycles.